The largest absolute Gasteiger partial charge is 0.345 e. The molecule has 0 bridgehead atoms. The number of hydrogen-bond acceptors (Lipinski definition) is 2. The van der Waals surface area contributed by atoms with E-state index in [2.05, 4.69) is 4.98 Å². The summed E-state index contributed by atoms with van der Waals surface area (Å²) in [5.74, 6) is -0.482. The highest BCUT2D eigenvalue weighted by atomic mass is 19.1. The Bertz CT molecular complexity index is 859. The number of fused-ring (bicyclic) bond motifs is 1. The summed E-state index contributed by atoms with van der Waals surface area (Å²) in [6, 6.07) is 15.5. The number of aromatic nitrogens is 1. The molecule has 3 nitrogen and oxygen atoms in total. The average molecular weight is 294 g/mol. The lowest BCUT2D eigenvalue weighted by molar-refractivity contribution is 0.0829. The van der Waals surface area contributed by atoms with Crippen molar-refractivity contribution in [2.75, 3.05) is 14.1 Å². The third-order valence-corrected chi connectivity index (χ3v) is 3.50. The number of nitrogens with zero attached hydrogens (tertiary/aromatic N) is 2. The fourth-order valence-electron chi connectivity index (χ4n) is 2.40. The number of pyridine rings is 1. The summed E-state index contributed by atoms with van der Waals surface area (Å²) >= 11 is 0. The van der Waals surface area contributed by atoms with Crippen LogP contribution in [0.4, 0.5) is 4.39 Å². The van der Waals surface area contributed by atoms with Crippen LogP contribution < -0.4 is 0 Å². The summed E-state index contributed by atoms with van der Waals surface area (Å²) in [5.41, 5.74) is 2.05. The number of hydrogen-bond donors (Lipinski definition) is 0. The molecule has 0 aliphatic heterocycles. The zero-order valence-corrected chi connectivity index (χ0v) is 12.4. The number of para-hydroxylation sites is 1. The fraction of sp³-hybridized carbons (Fsp3) is 0.111. The van der Waals surface area contributed by atoms with Gasteiger partial charge in [-0.1, -0.05) is 30.3 Å². The molecule has 4 heteroatoms. The van der Waals surface area contributed by atoms with Crippen LogP contribution in [-0.2, 0) is 0 Å². The molecule has 22 heavy (non-hydrogen) atoms. The van der Waals surface area contributed by atoms with Gasteiger partial charge in [0, 0.05) is 25.0 Å². The van der Waals surface area contributed by atoms with Crippen LogP contribution in [0, 0.1) is 5.82 Å². The first kappa shape index (κ1) is 14.2. The molecule has 0 aliphatic rings. The minimum atomic E-state index is -0.353. The second-order valence-electron chi connectivity index (χ2n) is 5.25. The van der Waals surface area contributed by atoms with Gasteiger partial charge >= 0.3 is 0 Å². The maximum absolute atomic E-state index is 14.0. The lowest BCUT2D eigenvalue weighted by atomic mass is 10.0. The predicted molar refractivity (Wildman–Crippen MR) is 85.2 cm³/mol. The van der Waals surface area contributed by atoms with Crippen LogP contribution in [0.5, 0.6) is 0 Å². The normalized spacial score (nSPS) is 10.7. The fourth-order valence-corrected chi connectivity index (χ4v) is 2.40. The quantitative estimate of drug-likeness (QED) is 0.721. The third-order valence-electron chi connectivity index (χ3n) is 3.50. The van der Waals surface area contributed by atoms with Crippen LogP contribution in [0.15, 0.2) is 54.6 Å². The van der Waals surface area contributed by atoms with Gasteiger partial charge in [-0.25, -0.2) is 9.37 Å². The Hall–Kier alpha value is -2.75. The minimum Gasteiger partial charge on any atom is -0.345 e. The van der Waals surface area contributed by atoms with Gasteiger partial charge < -0.3 is 4.90 Å². The molecule has 1 aromatic heterocycles. The molecular formula is C18H15FN2O. The van der Waals surface area contributed by atoms with Crippen LogP contribution >= 0.6 is 0 Å². The average Bonchev–Trinajstić information content (AvgIpc) is 2.53. The van der Waals surface area contributed by atoms with Crippen molar-refractivity contribution in [2.45, 2.75) is 0 Å². The Morgan fingerprint density at radius 1 is 1.05 bits per heavy atom. The molecule has 3 rings (SSSR count). The smallest absolute Gasteiger partial charge is 0.254 e. The summed E-state index contributed by atoms with van der Waals surface area (Å²) in [6.45, 7) is 0. The van der Waals surface area contributed by atoms with Crippen molar-refractivity contribution >= 4 is 16.8 Å². The topological polar surface area (TPSA) is 33.2 Å². The first-order chi connectivity index (χ1) is 10.6. The van der Waals surface area contributed by atoms with E-state index in [4.69, 9.17) is 0 Å². The highest BCUT2D eigenvalue weighted by Gasteiger charge is 2.16. The second kappa shape index (κ2) is 5.56. The van der Waals surface area contributed by atoms with E-state index in [1.165, 1.54) is 11.0 Å². The Morgan fingerprint density at radius 3 is 2.45 bits per heavy atom. The number of halogens is 1. The SMILES string of the molecule is CN(C)C(=O)c1cc(-c2ccccc2F)nc2ccccc12. The van der Waals surface area contributed by atoms with Crippen LogP contribution in [-0.4, -0.2) is 29.9 Å². The van der Waals surface area contributed by atoms with E-state index in [0.717, 1.165) is 5.39 Å². The van der Waals surface area contributed by atoms with Crippen molar-refractivity contribution in [2.24, 2.45) is 0 Å². The van der Waals surface area contributed by atoms with E-state index < -0.39 is 0 Å². The minimum absolute atomic E-state index is 0.129. The van der Waals surface area contributed by atoms with E-state index >= 15 is 0 Å². The maximum Gasteiger partial charge on any atom is 0.254 e. The molecule has 0 saturated heterocycles. The van der Waals surface area contributed by atoms with Crippen molar-refractivity contribution in [3.63, 3.8) is 0 Å². The molecule has 0 fully saturated rings. The van der Waals surface area contributed by atoms with Gasteiger partial charge in [0.2, 0.25) is 0 Å². The summed E-state index contributed by atoms with van der Waals surface area (Å²) < 4.78 is 14.0. The highest BCUT2D eigenvalue weighted by Crippen LogP contribution is 2.27. The number of rotatable bonds is 2. The van der Waals surface area contributed by atoms with E-state index in [1.807, 2.05) is 24.3 Å². The van der Waals surface area contributed by atoms with Crippen molar-refractivity contribution in [3.8, 4) is 11.3 Å². The Labute approximate surface area is 128 Å². The Balaban J connectivity index is 2.30. The first-order valence-corrected chi connectivity index (χ1v) is 6.94. The molecule has 1 amide bonds. The lowest BCUT2D eigenvalue weighted by Crippen LogP contribution is -2.22. The van der Waals surface area contributed by atoms with Crippen molar-refractivity contribution < 1.29 is 9.18 Å². The number of carbonyl (C=O) groups is 1. The standard InChI is InChI=1S/C18H15FN2O/c1-21(2)18(22)14-11-17(13-8-3-5-9-15(13)19)20-16-10-6-4-7-12(14)16/h3-11H,1-2H3. The van der Waals surface area contributed by atoms with Gasteiger partial charge in [-0.15, -0.1) is 0 Å². The zero-order valence-electron chi connectivity index (χ0n) is 12.4. The van der Waals surface area contributed by atoms with Crippen LogP contribution in [0.3, 0.4) is 0 Å². The first-order valence-electron chi connectivity index (χ1n) is 6.94. The second-order valence-corrected chi connectivity index (χ2v) is 5.25. The molecule has 0 aliphatic carbocycles. The molecule has 1 heterocycles. The van der Waals surface area contributed by atoms with Crippen LogP contribution in [0.25, 0.3) is 22.2 Å². The van der Waals surface area contributed by atoms with Gasteiger partial charge in [-0.3, -0.25) is 4.79 Å². The molecule has 2 aromatic carbocycles. The van der Waals surface area contributed by atoms with E-state index in [0.29, 0.717) is 22.3 Å². The van der Waals surface area contributed by atoms with Crippen LogP contribution in [0.2, 0.25) is 0 Å². The summed E-state index contributed by atoms with van der Waals surface area (Å²) in [4.78, 5) is 18.4. The van der Waals surface area contributed by atoms with Crippen molar-refractivity contribution in [1.29, 1.82) is 0 Å². The van der Waals surface area contributed by atoms with Gasteiger partial charge in [0.05, 0.1) is 16.8 Å². The molecule has 0 atom stereocenters. The zero-order chi connectivity index (χ0) is 15.7. The number of carbonyl (C=O) groups excluding carboxylic acids is 1. The Morgan fingerprint density at radius 2 is 1.73 bits per heavy atom. The molecular weight excluding hydrogens is 279 g/mol. The predicted octanol–water partition coefficient (Wildman–Crippen LogP) is 3.74. The van der Waals surface area contributed by atoms with Gasteiger partial charge in [-0.05, 0) is 24.3 Å². The molecule has 0 saturated carbocycles. The van der Waals surface area contributed by atoms with Crippen LogP contribution in [0.1, 0.15) is 10.4 Å². The van der Waals surface area contributed by atoms with Gasteiger partial charge in [0.1, 0.15) is 5.82 Å². The van der Waals surface area contributed by atoms with E-state index in [1.54, 1.807) is 38.4 Å². The van der Waals surface area contributed by atoms with E-state index in [9.17, 15) is 9.18 Å². The monoisotopic (exact) mass is 294 g/mol. The molecule has 0 unspecified atom stereocenters. The molecule has 0 radical (unpaired) electrons. The van der Waals surface area contributed by atoms with Gasteiger partial charge in [-0.2, -0.15) is 0 Å². The third kappa shape index (κ3) is 2.44. The van der Waals surface area contributed by atoms with Gasteiger partial charge in [0.25, 0.3) is 5.91 Å². The summed E-state index contributed by atoms with van der Waals surface area (Å²) in [6.07, 6.45) is 0. The summed E-state index contributed by atoms with van der Waals surface area (Å²) in [5, 5.41) is 0.765. The number of benzene rings is 2. The lowest BCUT2D eigenvalue weighted by Gasteiger charge is -2.14. The van der Waals surface area contributed by atoms with Crippen molar-refractivity contribution in [1.82, 2.24) is 9.88 Å². The number of amides is 1. The summed E-state index contributed by atoms with van der Waals surface area (Å²) in [7, 11) is 3.39. The molecule has 0 N–H and O–H groups in total. The highest BCUT2D eigenvalue weighted by molar-refractivity contribution is 6.07. The van der Waals surface area contributed by atoms with Crippen molar-refractivity contribution in [3.05, 3.63) is 66.0 Å². The molecule has 3 aromatic rings. The van der Waals surface area contributed by atoms with Gasteiger partial charge in [0.15, 0.2) is 0 Å². The maximum atomic E-state index is 14.0. The molecule has 0 spiro atoms. The molecule has 110 valence electrons. The van der Waals surface area contributed by atoms with E-state index in [-0.39, 0.29) is 11.7 Å². The Kier molecular flexibility index (Phi) is 3.59.